The highest BCUT2D eigenvalue weighted by Gasteiger charge is 2.27. The highest BCUT2D eigenvalue weighted by atomic mass is 16.6. The minimum atomic E-state index is -0.239. The molecule has 1 aliphatic heterocycles. The minimum absolute atomic E-state index is 0.239. The Balaban J connectivity index is 1.76. The summed E-state index contributed by atoms with van der Waals surface area (Å²) in [4.78, 5) is 17.6. The maximum Gasteiger partial charge on any atom is 0.409 e. The number of likely N-dealkylation sites (tertiary alicyclic amines) is 1. The van der Waals surface area contributed by atoms with E-state index in [2.05, 4.69) is 15.5 Å². The van der Waals surface area contributed by atoms with Gasteiger partial charge >= 0.3 is 6.09 Å². The molecule has 1 amide bonds. The molecule has 1 fully saturated rings. The normalized spacial score (nSPS) is 18.8. The summed E-state index contributed by atoms with van der Waals surface area (Å²) in [5, 5.41) is 7.25. The van der Waals surface area contributed by atoms with Gasteiger partial charge in [0.1, 0.15) is 0 Å². The lowest BCUT2D eigenvalue weighted by molar-refractivity contribution is 0.115. The minimum Gasteiger partial charge on any atom is -0.450 e. The topological polar surface area (TPSA) is 80.5 Å². The number of aromatic nitrogens is 2. The summed E-state index contributed by atoms with van der Waals surface area (Å²) in [5.41, 5.74) is 0. The molecule has 2 heterocycles. The largest absolute Gasteiger partial charge is 0.450 e. The zero-order valence-electron chi connectivity index (χ0n) is 12.3. The summed E-state index contributed by atoms with van der Waals surface area (Å²) in [6.07, 6.45) is 0.668. The summed E-state index contributed by atoms with van der Waals surface area (Å²) >= 11 is 0. The zero-order valence-corrected chi connectivity index (χ0v) is 12.3. The molecule has 112 valence electrons. The average molecular weight is 282 g/mol. The standard InChI is InChI=1S/C13H22N4O3/c1-4-19-13(18)17-6-5-10(8-17)14-7-11-15-12(9(2)3)16-20-11/h9-10,14H,4-8H2,1-3H3/t10-/m1/s1. The number of hydrogen-bond acceptors (Lipinski definition) is 6. The Morgan fingerprint density at radius 3 is 3.05 bits per heavy atom. The third-order valence-corrected chi connectivity index (χ3v) is 3.26. The van der Waals surface area contributed by atoms with E-state index in [0.717, 1.165) is 18.8 Å². The molecular weight excluding hydrogens is 260 g/mol. The predicted octanol–water partition coefficient (Wildman–Crippen LogP) is 1.51. The Kier molecular flexibility index (Phi) is 4.94. The number of hydrogen-bond donors (Lipinski definition) is 1. The van der Waals surface area contributed by atoms with E-state index >= 15 is 0 Å². The SMILES string of the molecule is CCOC(=O)N1CC[C@@H](NCc2nc(C(C)C)no2)C1. The van der Waals surface area contributed by atoms with E-state index < -0.39 is 0 Å². The maximum atomic E-state index is 11.6. The van der Waals surface area contributed by atoms with E-state index in [-0.39, 0.29) is 18.1 Å². The van der Waals surface area contributed by atoms with Crippen molar-refractivity contribution in [3.63, 3.8) is 0 Å². The van der Waals surface area contributed by atoms with Crippen LogP contribution in [0.15, 0.2) is 4.52 Å². The molecule has 1 saturated heterocycles. The van der Waals surface area contributed by atoms with Crippen molar-refractivity contribution in [2.24, 2.45) is 0 Å². The number of carbonyl (C=O) groups is 1. The van der Waals surface area contributed by atoms with Gasteiger partial charge in [0.05, 0.1) is 13.2 Å². The molecule has 7 nitrogen and oxygen atoms in total. The van der Waals surface area contributed by atoms with Gasteiger partial charge in [0.2, 0.25) is 5.89 Å². The van der Waals surface area contributed by atoms with Crippen LogP contribution in [0.25, 0.3) is 0 Å². The second kappa shape index (κ2) is 6.69. The van der Waals surface area contributed by atoms with Crippen molar-refractivity contribution in [1.29, 1.82) is 0 Å². The third kappa shape index (κ3) is 3.69. The van der Waals surface area contributed by atoms with Crippen LogP contribution in [-0.2, 0) is 11.3 Å². The third-order valence-electron chi connectivity index (χ3n) is 3.26. The van der Waals surface area contributed by atoms with Crippen LogP contribution < -0.4 is 5.32 Å². The van der Waals surface area contributed by atoms with Gasteiger partial charge in [0.15, 0.2) is 5.82 Å². The van der Waals surface area contributed by atoms with E-state index in [1.165, 1.54) is 0 Å². The molecule has 7 heteroatoms. The van der Waals surface area contributed by atoms with E-state index in [1.807, 2.05) is 20.8 Å². The summed E-state index contributed by atoms with van der Waals surface area (Å²) in [5.74, 6) is 1.57. The summed E-state index contributed by atoms with van der Waals surface area (Å²) < 4.78 is 10.2. The zero-order chi connectivity index (χ0) is 14.5. The molecule has 0 saturated carbocycles. The first-order valence-corrected chi connectivity index (χ1v) is 7.07. The number of rotatable bonds is 5. The van der Waals surface area contributed by atoms with Crippen molar-refractivity contribution in [3.8, 4) is 0 Å². The van der Waals surface area contributed by atoms with Gasteiger partial charge in [-0.3, -0.25) is 0 Å². The number of ether oxygens (including phenoxy) is 1. The fourth-order valence-corrected chi connectivity index (χ4v) is 2.11. The molecule has 0 aliphatic carbocycles. The fourth-order valence-electron chi connectivity index (χ4n) is 2.11. The molecule has 20 heavy (non-hydrogen) atoms. The molecule has 1 aromatic heterocycles. The van der Waals surface area contributed by atoms with E-state index in [1.54, 1.807) is 4.90 Å². The Hall–Kier alpha value is -1.63. The van der Waals surface area contributed by atoms with Gasteiger partial charge in [0, 0.05) is 25.0 Å². The summed E-state index contributed by atoms with van der Waals surface area (Å²) in [6.45, 7) is 8.17. The Morgan fingerprint density at radius 2 is 2.40 bits per heavy atom. The van der Waals surface area contributed by atoms with Crippen LogP contribution >= 0.6 is 0 Å². The van der Waals surface area contributed by atoms with Crippen LogP contribution in [0.5, 0.6) is 0 Å². The van der Waals surface area contributed by atoms with Crippen LogP contribution in [0.1, 0.15) is 44.8 Å². The fraction of sp³-hybridized carbons (Fsp3) is 0.769. The molecule has 0 spiro atoms. The van der Waals surface area contributed by atoms with Crippen LogP contribution in [0, 0.1) is 0 Å². The first kappa shape index (κ1) is 14.8. The molecule has 1 aliphatic rings. The predicted molar refractivity (Wildman–Crippen MR) is 72.2 cm³/mol. The van der Waals surface area contributed by atoms with Gasteiger partial charge in [-0.25, -0.2) is 4.79 Å². The lowest BCUT2D eigenvalue weighted by Crippen LogP contribution is -2.35. The van der Waals surface area contributed by atoms with E-state index in [9.17, 15) is 4.79 Å². The molecule has 0 unspecified atom stereocenters. The number of nitrogens with one attached hydrogen (secondary N) is 1. The smallest absolute Gasteiger partial charge is 0.409 e. The van der Waals surface area contributed by atoms with Crippen molar-refractivity contribution in [1.82, 2.24) is 20.4 Å². The summed E-state index contributed by atoms with van der Waals surface area (Å²) in [7, 11) is 0. The first-order valence-electron chi connectivity index (χ1n) is 7.07. The molecule has 1 atom stereocenters. The molecule has 0 radical (unpaired) electrons. The van der Waals surface area contributed by atoms with Crippen LogP contribution in [0.3, 0.4) is 0 Å². The molecule has 1 N–H and O–H groups in total. The molecular formula is C13H22N4O3. The van der Waals surface area contributed by atoms with Crippen molar-refractivity contribution < 1.29 is 14.1 Å². The Morgan fingerprint density at radius 1 is 1.60 bits per heavy atom. The van der Waals surface area contributed by atoms with Gasteiger partial charge in [-0.15, -0.1) is 0 Å². The number of amides is 1. The molecule has 1 aromatic rings. The quantitative estimate of drug-likeness (QED) is 0.881. The molecule has 2 rings (SSSR count). The van der Waals surface area contributed by atoms with Gasteiger partial charge in [-0.05, 0) is 13.3 Å². The van der Waals surface area contributed by atoms with Gasteiger partial charge < -0.3 is 19.5 Å². The summed E-state index contributed by atoms with van der Waals surface area (Å²) in [6, 6.07) is 0.244. The number of carbonyl (C=O) groups excluding carboxylic acids is 1. The van der Waals surface area contributed by atoms with E-state index in [4.69, 9.17) is 9.26 Å². The highest BCUT2D eigenvalue weighted by molar-refractivity contribution is 5.68. The van der Waals surface area contributed by atoms with Crippen molar-refractivity contribution in [2.75, 3.05) is 19.7 Å². The monoisotopic (exact) mass is 282 g/mol. The Bertz CT molecular complexity index is 447. The van der Waals surface area contributed by atoms with Gasteiger partial charge in [0.25, 0.3) is 0 Å². The van der Waals surface area contributed by atoms with Crippen LogP contribution in [0.4, 0.5) is 4.79 Å². The van der Waals surface area contributed by atoms with Gasteiger partial charge in [-0.1, -0.05) is 19.0 Å². The van der Waals surface area contributed by atoms with Crippen LogP contribution in [-0.4, -0.2) is 46.9 Å². The Labute approximate surface area is 118 Å². The highest BCUT2D eigenvalue weighted by Crippen LogP contribution is 2.12. The maximum absolute atomic E-state index is 11.6. The van der Waals surface area contributed by atoms with Gasteiger partial charge in [-0.2, -0.15) is 4.98 Å². The molecule has 0 bridgehead atoms. The van der Waals surface area contributed by atoms with E-state index in [0.29, 0.717) is 25.6 Å². The van der Waals surface area contributed by atoms with Crippen molar-refractivity contribution in [2.45, 2.75) is 45.7 Å². The van der Waals surface area contributed by atoms with Crippen molar-refractivity contribution in [3.05, 3.63) is 11.7 Å². The molecule has 0 aromatic carbocycles. The second-order valence-electron chi connectivity index (χ2n) is 5.21. The van der Waals surface area contributed by atoms with Crippen LogP contribution in [0.2, 0.25) is 0 Å². The number of nitrogens with zero attached hydrogens (tertiary/aromatic N) is 3. The lowest BCUT2D eigenvalue weighted by Gasteiger charge is -2.15. The average Bonchev–Trinajstić information content (AvgIpc) is 3.06. The lowest BCUT2D eigenvalue weighted by atomic mass is 10.2. The van der Waals surface area contributed by atoms with Crippen molar-refractivity contribution >= 4 is 6.09 Å². The first-order chi connectivity index (χ1) is 9.60. The second-order valence-corrected chi connectivity index (χ2v) is 5.21.